The average molecular weight is 335 g/mol. The molecular formula is C13H14Cl3N3O. The molecule has 0 bridgehead atoms. The molecule has 0 amide bonds. The Labute approximate surface area is 132 Å². The van der Waals surface area contributed by atoms with Gasteiger partial charge in [0.15, 0.2) is 5.75 Å². The second-order valence-corrected chi connectivity index (χ2v) is 5.36. The summed E-state index contributed by atoms with van der Waals surface area (Å²) in [5.41, 5.74) is 0.932. The van der Waals surface area contributed by atoms with E-state index in [-0.39, 0.29) is 0 Å². The van der Waals surface area contributed by atoms with Crippen LogP contribution in [0.5, 0.6) is 5.75 Å². The van der Waals surface area contributed by atoms with Crippen molar-refractivity contribution in [2.75, 3.05) is 12.5 Å². The molecule has 0 saturated carbocycles. The number of halogens is 3. The second kappa shape index (κ2) is 7.72. The molecule has 4 nitrogen and oxygen atoms in total. The lowest BCUT2D eigenvalue weighted by atomic mass is 10.3. The molecule has 0 aliphatic heterocycles. The van der Waals surface area contributed by atoms with E-state index in [1.165, 1.54) is 0 Å². The first-order valence-electron chi connectivity index (χ1n) is 6.22. The van der Waals surface area contributed by atoms with Crippen molar-refractivity contribution in [3.63, 3.8) is 0 Å². The maximum absolute atomic E-state index is 6.02. The molecule has 0 aliphatic carbocycles. The van der Waals surface area contributed by atoms with Crippen LogP contribution in [0, 0.1) is 0 Å². The zero-order valence-corrected chi connectivity index (χ0v) is 13.0. The minimum absolute atomic E-state index is 0.418. The summed E-state index contributed by atoms with van der Waals surface area (Å²) in [5, 5.41) is 9.08. The number of para-hydroxylation sites is 1. The Morgan fingerprint density at radius 3 is 2.65 bits per heavy atom. The van der Waals surface area contributed by atoms with Crippen molar-refractivity contribution in [1.29, 1.82) is 0 Å². The van der Waals surface area contributed by atoms with Gasteiger partial charge in [-0.2, -0.15) is 0 Å². The Morgan fingerprint density at radius 1 is 1.20 bits per heavy atom. The summed E-state index contributed by atoms with van der Waals surface area (Å²) in [6.07, 6.45) is 3.62. The molecule has 2 aromatic rings. The Kier molecular flexibility index (Phi) is 5.95. The molecule has 0 atom stereocenters. The van der Waals surface area contributed by atoms with E-state index in [4.69, 9.17) is 39.5 Å². The number of rotatable bonds is 7. The maximum Gasteiger partial charge on any atom is 0.156 e. The minimum atomic E-state index is 0.418. The van der Waals surface area contributed by atoms with Crippen LogP contribution >= 0.6 is 34.8 Å². The second-order valence-electron chi connectivity index (χ2n) is 4.16. The zero-order chi connectivity index (χ0) is 14.4. The number of benzene rings is 1. The Balaban J connectivity index is 1.85. The third-order valence-corrected chi connectivity index (χ3v) is 3.50. The van der Waals surface area contributed by atoms with Crippen LogP contribution in [0.3, 0.4) is 0 Å². The third-order valence-electron chi connectivity index (χ3n) is 2.64. The molecule has 1 heterocycles. The van der Waals surface area contributed by atoms with Gasteiger partial charge in [-0.15, -0.1) is 16.7 Å². The monoisotopic (exact) mass is 333 g/mol. The van der Waals surface area contributed by atoms with Crippen LogP contribution in [0.2, 0.25) is 10.0 Å². The number of alkyl halides is 1. The first kappa shape index (κ1) is 15.4. The van der Waals surface area contributed by atoms with Gasteiger partial charge < -0.3 is 4.74 Å². The van der Waals surface area contributed by atoms with Crippen LogP contribution in [0.25, 0.3) is 0 Å². The van der Waals surface area contributed by atoms with Crippen molar-refractivity contribution in [2.45, 2.75) is 19.4 Å². The van der Waals surface area contributed by atoms with Crippen LogP contribution < -0.4 is 4.74 Å². The highest BCUT2D eigenvalue weighted by atomic mass is 35.5. The van der Waals surface area contributed by atoms with Crippen molar-refractivity contribution in [3.8, 4) is 5.75 Å². The molecule has 0 aliphatic rings. The lowest BCUT2D eigenvalue weighted by Gasteiger charge is -2.09. The minimum Gasteiger partial charge on any atom is -0.489 e. The van der Waals surface area contributed by atoms with E-state index < -0.39 is 0 Å². The summed E-state index contributed by atoms with van der Waals surface area (Å²) in [6.45, 7) is 0.997. The van der Waals surface area contributed by atoms with Gasteiger partial charge in [-0.1, -0.05) is 34.5 Å². The van der Waals surface area contributed by atoms with E-state index >= 15 is 0 Å². The molecule has 0 N–H and O–H groups in total. The third kappa shape index (κ3) is 4.27. The summed E-state index contributed by atoms with van der Waals surface area (Å²) in [5.74, 6) is 1.12. The fourth-order valence-corrected chi connectivity index (χ4v) is 2.31. The molecule has 0 saturated heterocycles. The smallest absolute Gasteiger partial charge is 0.156 e. The van der Waals surface area contributed by atoms with Crippen molar-refractivity contribution < 1.29 is 4.74 Å². The van der Waals surface area contributed by atoms with Gasteiger partial charge in [0.25, 0.3) is 0 Å². The number of hydrogen-bond donors (Lipinski definition) is 0. The summed E-state index contributed by atoms with van der Waals surface area (Å²) >= 11 is 17.7. The topological polar surface area (TPSA) is 39.9 Å². The van der Waals surface area contributed by atoms with Crippen LogP contribution in [0.15, 0.2) is 24.4 Å². The first-order chi connectivity index (χ1) is 9.70. The van der Waals surface area contributed by atoms with E-state index in [9.17, 15) is 0 Å². The summed E-state index contributed by atoms with van der Waals surface area (Å²) in [7, 11) is 0. The predicted octanol–water partition coefficient (Wildman–Crippen LogP) is 3.84. The van der Waals surface area contributed by atoms with Gasteiger partial charge in [-0.25, -0.2) is 4.68 Å². The molecule has 1 aromatic heterocycles. The Morgan fingerprint density at radius 2 is 1.95 bits per heavy atom. The molecule has 108 valence electrons. The van der Waals surface area contributed by atoms with Crippen molar-refractivity contribution in [3.05, 3.63) is 40.1 Å². The largest absolute Gasteiger partial charge is 0.489 e. The van der Waals surface area contributed by atoms with Gasteiger partial charge in [0.05, 0.1) is 22.3 Å². The van der Waals surface area contributed by atoms with E-state index in [2.05, 4.69) is 10.3 Å². The highest BCUT2D eigenvalue weighted by Gasteiger charge is 2.07. The van der Waals surface area contributed by atoms with E-state index in [1.807, 2.05) is 6.20 Å². The molecule has 0 unspecified atom stereocenters. The Bertz CT molecular complexity index is 539. The van der Waals surface area contributed by atoms with Gasteiger partial charge in [-0.05, 0) is 25.0 Å². The summed E-state index contributed by atoms with van der Waals surface area (Å²) in [6, 6.07) is 5.25. The lowest BCUT2D eigenvalue weighted by molar-refractivity contribution is 0.290. The molecule has 1 aromatic carbocycles. The number of nitrogens with zero attached hydrogens (tertiary/aromatic N) is 3. The molecule has 20 heavy (non-hydrogen) atoms. The molecule has 7 heteroatoms. The lowest BCUT2D eigenvalue weighted by Crippen LogP contribution is -2.09. The van der Waals surface area contributed by atoms with Gasteiger partial charge in [0.2, 0.25) is 0 Å². The van der Waals surface area contributed by atoms with Gasteiger partial charge >= 0.3 is 0 Å². The van der Waals surface area contributed by atoms with Gasteiger partial charge in [-0.3, -0.25) is 0 Å². The summed E-state index contributed by atoms with van der Waals surface area (Å²) < 4.78 is 7.32. The van der Waals surface area contributed by atoms with Crippen LogP contribution in [0.1, 0.15) is 12.1 Å². The van der Waals surface area contributed by atoms with Gasteiger partial charge in [0.1, 0.15) is 6.61 Å². The van der Waals surface area contributed by atoms with E-state index in [0.717, 1.165) is 18.5 Å². The number of aryl methyl sites for hydroxylation is 1. The van der Waals surface area contributed by atoms with Crippen LogP contribution in [-0.4, -0.2) is 27.5 Å². The SMILES string of the molecule is ClCCCc1cn(CCOc2c(Cl)cccc2Cl)nn1. The first-order valence-corrected chi connectivity index (χ1v) is 7.51. The summed E-state index contributed by atoms with van der Waals surface area (Å²) in [4.78, 5) is 0. The number of aromatic nitrogens is 3. The predicted molar refractivity (Wildman–Crippen MR) is 81.0 cm³/mol. The fourth-order valence-electron chi connectivity index (χ4n) is 1.67. The molecule has 2 rings (SSSR count). The highest BCUT2D eigenvalue weighted by molar-refractivity contribution is 6.37. The quantitative estimate of drug-likeness (QED) is 0.722. The average Bonchev–Trinajstić information content (AvgIpc) is 2.88. The van der Waals surface area contributed by atoms with Crippen LogP contribution in [0.4, 0.5) is 0 Å². The highest BCUT2D eigenvalue weighted by Crippen LogP contribution is 2.32. The van der Waals surface area contributed by atoms with E-state index in [1.54, 1.807) is 22.9 Å². The zero-order valence-electron chi connectivity index (χ0n) is 10.7. The Hall–Kier alpha value is -0.970. The van der Waals surface area contributed by atoms with Crippen molar-refractivity contribution >= 4 is 34.8 Å². The molecule has 0 radical (unpaired) electrons. The standard InChI is InChI=1S/C13H14Cl3N3O/c14-6-2-3-10-9-19(18-17-10)7-8-20-13-11(15)4-1-5-12(13)16/h1,4-5,9H,2-3,6-8H2. The van der Waals surface area contributed by atoms with Crippen LogP contribution in [-0.2, 0) is 13.0 Å². The molecular weight excluding hydrogens is 321 g/mol. The maximum atomic E-state index is 6.02. The molecule has 0 spiro atoms. The van der Waals surface area contributed by atoms with Gasteiger partial charge in [0, 0.05) is 12.1 Å². The van der Waals surface area contributed by atoms with Crippen molar-refractivity contribution in [2.24, 2.45) is 0 Å². The number of ether oxygens (including phenoxy) is 1. The fraction of sp³-hybridized carbons (Fsp3) is 0.385. The molecule has 0 fully saturated rings. The van der Waals surface area contributed by atoms with E-state index in [0.29, 0.717) is 34.8 Å². The van der Waals surface area contributed by atoms with Crippen molar-refractivity contribution in [1.82, 2.24) is 15.0 Å². The number of hydrogen-bond acceptors (Lipinski definition) is 3. The normalized spacial score (nSPS) is 10.8.